The number of rotatable bonds is 4. The summed E-state index contributed by atoms with van der Waals surface area (Å²) in [6.07, 6.45) is 1.31. The van der Waals surface area contributed by atoms with E-state index in [1.165, 1.54) is 13.1 Å². The van der Waals surface area contributed by atoms with E-state index >= 15 is 0 Å². The van der Waals surface area contributed by atoms with Crippen LogP contribution in [0.2, 0.25) is 0 Å². The van der Waals surface area contributed by atoms with Crippen molar-refractivity contribution < 1.29 is 22.7 Å². The molecule has 1 aliphatic heterocycles. The van der Waals surface area contributed by atoms with Gasteiger partial charge in [-0.25, -0.2) is 4.98 Å². The van der Waals surface area contributed by atoms with Gasteiger partial charge in [-0.05, 0) is 42.5 Å². The minimum atomic E-state index is -4.43. The molecule has 0 aromatic carbocycles. The lowest BCUT2D eigenvalue weighted by Crippen LogP contribution is -2.19. The molecule has 1 aliphatic carbocycles. The number of alkyl halides is 3. The van der Waals surface area contributed by atoms with Gasteiger partial charge in [0.2, 0.25) is 0 Å². The van der Waals surface area contributed by atoms with E-state index in [9.17, 15) is 18.0 Å². The van der Waals surface area contributed by atoms with Gasteiger partial charge in [0.15, 0.2) is 0 Å². The van der Waals surface area contributed by atoms with E-state index in [0.29, 0.717) is 17.8 Å². The lowest BCUT2D eigenvalue weighted by molar-refractivity contribution is -0.137. The Balaban J connectivity index is 1.60. The first-order chi connectivity index (χ1) is 14.9. The Bertz CT molecular complexity index is 1160. The van der Waals surface area contributed by atoms with E-state index in [2.05, 4.69) is 20.3 Å². The predicted molar refractivity (Wildman–Crippen MR) is 105 cm³/mol. The normalized spacial score (nSPS) is 19.3. The van der Waals surface area contributed by atoms with E-state index in [0.717, 1.165) is 41.6 Å². The van der Waals surface area contributed by atoms with Gasteiger partial charge in [-0.3, -0.25) is 14.8 Å². The molecule has 0 bridgehead atoms. The number of carbonyl (C=O) groups excluding carboxylic acids is 1. The van der Waals surface area contributed by atoms with Crippen LogP contribution in [-0.2, 0) is 17.5 Å². The lowest BCUT2D eigenvalue weighted by atomic mass is 9.86. The van der Waals surface area contributed by atoms with Crippen molar-refractivity contribution in [3.05, 3.63) is 64.9 Å². The highest BCUT2D eigenvalue weighted by Gasteiger charge is 2.43. The summed E-state index contributed by atoms with van der Waals surface area (Å²) in [6, 6.07) is 4.23. The summed E-state index contributed by atoms with van der Waals surface area (Å²) >= 11 is 0. The van der Waals surface area contributed by atoms with Gasteiger partial charge in [-0.1, -0.05) is 0 Å². The zero-order valence-corrected chi connectivity index (χ0v) is 16.6. The molecule has 0 radical (unpaired) electrons. The van der Waals surface area contributed by atoms with Gasteiger partial charge in [0.05, 0.1) is 30.0 Å². The zero-order chi connectivity index (χ0) is 21.8. The predicted octanol–water partition coefficient (Wildman–Crippen LogP) is 4.17. The van der Waals surface area contributed by atoms with E-state index in [1.807, 2.05) is 0 Å². The van der Waals surface area contributed by atoms with Crippen molar-refractivity contribution in [2.75, 3.05) is 7.05 Å². The highest BCUT2D eigenvalue weighted by atomic mass is 19.4. The molecule has 1 amide bonds. The number of hydrogen-bond donors (Lipinski definition) is 1. The van der Waals surface area contributed by atoms with E-state index < -0.39 is 11.7 Å². The molecule has 4 heterocycles. The summed E-state index contributed by atoms with van der Waals surface area (Å²) in [5.41, 5.74) is 2.54. The fourth-order valence-electron chi connectivity index (χ4n) is 4.28. The smallest absolute Gasteiger partial charge is 0.368 e. The second-order valence-electron chi connectivity index (χ2n) is 7.93. The molecule has 160 valence electrons. The van der Waals surface area contributed by atoms with Gasteiger partial charge in [-0.15, -0.1) is 0 Å². The number of halogens is 3. The maximum absolute atomic E-state index is 13.0. The van der Waals surface area contributed by atoms with E-state index in [-0.39, 0.29) is 29.5 Å². The fraction of sp³-hybridized carbons (Fsp3) is 0.364. The zero-order valence-electron chi connectivity index (χ0n) is 16.6. The minimum Gasteiger partial charge on any atom is -0.368 e. The number of fused-ring (bicyclic) bond motifs is 3. The molecular weight excluding hydrogens is 409 g/mol. The van der Waals surface area contributed by atoms with Crippen LogP contribution >= 0.6 is 0 Å². The van der Waals surface area contributed by atoms with Crippen LogP contribution in [-0.4, -0.2) is 27.9 Å². The number of carbonyl (C=O) groups is 1. The summed E-state index contributed by atoms with van der Waals surface area (Å²) in [6.45, 7) is 0.352. The van der Waals surface area contributed by atoms with Crippen LogP contribution < -0.4 is 5.32 Å². The average Bonchev–Trinajstić information content (AvgIpc) is 3.51. The summed E-state index contributed by atoms with van der Waals surface area (Å²) in [7, 11) is 1.53. The summed E-state index contributed by atoms with van der Waals surface area (Å²) in [5, 5.41) is 3.33. The molecule has 0 spiro atoms. The molecule has 2 atom stereocenters. The molecule has 3 aromatic heterocycles. The maximum Gasteiger partial charge on any atom is 0.417 e. The van der Waals surface area contributed by atoms with Crippen LogP contribution in [0.4, 0.5) is 13.2 Å². The highest BCUT2D eigenvalue weighted by molar-refractivity contribution is 5.96. The molecular formula is C22H19F3N4O2. The Morgan fingerprint density at radius 2 is 1.97 bits per heavy atom. The number of ether oxygens (including phenoxy) is 1. The molecule has 1 saturated carbocycles. The Hall–Kier alpha value is -3.07. The van der Waals surface area contributed by atoms with Crippen LogP contribution in [0.1, 0.15) is 57.7 Å². The monoisotopic (exact) mass is 428 g/mol. The van der Waals surface area contributed by atoms with Crippen molar-refractivity contribution in [3.8, 4) is 0 Å². The van der Waals surface area contributed by atoms with Crippen LogP contribution in [0.3, 0.4) is 0 Å². The van der Waals surface area contributed by atoms with Crippen molar-refractivity contribution in [1.29, 1.82) is 0 Å². The molecule has 2 aliphatic rings. The number of aromatic nitrogens is 3. The van der Waals surface area contributed by atoms with Gasteiger partial charge in [0.25, 0.3) is 5.91 Å². The first kappa shape index (κ1) is 19.9. The van der Waals surface area contributed by atoms with Gasteiger partial charge in [-0.2, -0.15) is 13.2 Å². The molecule has 6 nitrogen and oxygen atoms in total. The van der Waals surface area contributed by atoms with E-state index in [4.69, 9.17) is 4.74 Å². The molecule has 3 aromatic rings. The first-order valence-corrected chi connectivity index (χ1v) is 10.0. The van der Waals surface area contributed by atoms with Crippen LogP contribution in [0.5, 0.6) is 0 Å². The largest absolute Gasteiger partial charge is 0.417 e. The quantitative estimate of drug-likeness (QED) is 0.675. The molecule has 0 saturated heterocycles. The van der Waals surface area contributed by atoms with Crippen molar-refractivity contribution in [2.24, 2.45) is 5.92 Å². The minimum absolute atomic E-state index is 0.175. The third-order valence-corrected chi connectivity index (χ3v) is 5.95. The number of amides is 1. The first-order valence-electron chi connectivity index (χ1n) is 10.0. The summed E-state index contributed by atoms with van der Waals surface area (Å²) < 4.78 is 45.1. The third-order valence-electron chi connectivity index (χ3n) is 5.95. The molecule has 1 fully saturated rings. The van der Waals surface area contributed by atoms with E-state index in [1.54, 1.807) is 18.5 Å². The number of pyridine rings is 3. The summed E-state index contributed by atoms with van der Waals surface area (Å²) in [4.78, 5) is 24.9. The van der Waals surface area contributed by atoms with Crippen LogP contribution in [0.15, 0.2) is 36.8 Å². The topological polar surface area (TPSA) is 77.0 Å². The van der Waals surface area contributed by atoms with Gasteiger partial charge >= 0.3 is 6.18 Å². The lowest BCUT2D eigenvalue weighted by Gasteiger charge is -2.24. The number of hydrogen-bond acceptors (Lipinski definition) is 5. The second kappa shape index (κ2) is 7.26. The third kappa shape index (κ3) is 3.52. The van der Waals surface area contributed by atoms with Crippen molar-refractivity contribution in [1.82, 2.24) is 20.3 Å². The van der Waals surface area contributed by atoms with Crippen LogP contribution in [0, 0.1) is 5.92 Å². The highest BCUT2D eigenvalue weighted by Crippen LogP contribution is 2.53. The standard InChI is InChI=1S/C22H19F3N4O2/c1-26-21(30)16-6-14-17(9-29-16)27-7-12-10-31-20(18(12)14)19(11-2-3-11)15-5-4-13(8-28-15)22(23,24)25/h4-9,11,19-20H,2-3,10H2,1H3,(H,26,30)/t19-,20?/m1/s1. The fourth-order valence-corrected chi connectivity index (χ4v) is 4.28. The van der Waals surface area contributed by atoms with Gasteiger partial charge in [0, 0.05) is 42.0 Å². The van der Waals surface area contributed by atoms with Crippen LogP contribution in [0.25, 0.3) is 10.9 Å². The maximum atomic E-state index is 13.0. The number of nitrogens with zero attached hydrogens (tertiary/aromatic N) is 3. The molecule has 31 heavy (non-hydrogen) atoms. The van der Waals surface area contributed by atoms with Crippen molar-refractivity contribution >= 4 is 16.8 Å². The average molecular weight is 428 g/mol. The summed E-state index contributed by atoms with van der Waals surface area (Å²) in [5.74, 6) is -0.201. The van der Waals surface area contributed by atoms with Crippen molar-refractivity contribution in [3.63, 3.8) is 0 Å². The molecule has 1 unspecified atom stereocenters. The van der Waals surface area contributed by atoms with Gasteiger partial charge < -0.3 is 10.1 Å². The Kier molecular flexibility index (Phi) is 4.65. The SMILES string of the molecule is CNC(=O)c1cc2c3c(cnc2cn1)COC3[C@@H](c1ccc(C(F)(F)F)cn1)C1CC1. The Morgan fingerprint density at radius 3 is 2.61 bits per heavy atom. The molecule has 9 heteroatoms. The Morgan fingerprint density at radius 1 is 1.16 bits per heavy atom. The van der Waals surface area contributed by atoms with Gasteiger partial charge in [0.1, 0.15) is 5.69 Å². The molecule has 5 rings (SSSR count). The Labute approximate surface area is 175 Å². The second-order valence-corrected chi connectivity index (χ2v) is 7.93. The molecule has 1 N–H and O–H groups in total. The number of nitrogens with one attached hydrogen (secondary N) is 1. The van der Waals surface area contributed by atoms with Crippen molar-refractivity contribution in [2.45, 2.75) is 37.6 Å².